The van der Waals surface area contributed by atoms with Gasteiger partial charge < -0.3 is 5.32 Å². The molecule has 112 valence electrons. The third kappa shape index (κ3) is 3.94. The molecule has 0 amide bonds. The van der Waals surface area contributed by atoms with Crippen LogP contribution < -0.4 is 5.32 Å². The van der Waals surface area contributed by atoms with Crippen molar-refractivity contribution in [1.82, 2.24) is 5.32 Å². The Labute approximate surface area is 149 Å². The molecule has 0 aliphatic carbocycles. The molecular weight excluding hydrogens is 474 g/mol. The number of benzene rings is 2. The van der Waals surface area contributed by atoms with E-state index in [9.17, 15) is 8.78 Å². The van der Waals surface area contributed by atoms with Crippen LogP contribution in [0, 0.1) is 15.2 Å². The molecule has 2 rings (SSSR count). The summed E-state index contributed by atoms with van der Waals surface area (Å²) in [5.74, 6) is -0.963. The van der Waals surface area contributed by atoms with Crippen LogP contribution in [0.4, 0.5) is 8.78 Å². The van der Waals surface area contributed by atoms with Crippen LogP contribution in [0.15, 0.2) is 34.8 Å². The van der Waals surface area contributed by atoms with E-state index in [1.165, 1.54) is 6.07 Å². The first kappa shape index (κ1) is 17.1. The molecule has 1 atom stereocenters. The summed E-state index contributed by atoms with van der Waals surface area (Å²) in [5.41, 5.74) is 1.05. The second-order valence-electron chi connectivity index (χ2n) is 4.45. The van der Waals surface area contributed by atoms with Crippen LogP contribution in [0.25, 0.3) is 0 Å². The van der Waals surface area contributed by atoms with E-state index in [0.29, 0.717) is 11.6 Å². The van der Waals surface area contributed by atoms with E-state index in [2.05, 4.69) is 43.8 Å². The van der Waals surface area contributed by atoms with Gasteiger partial charge in [0.1, 0.15) is 11.6 Å². The standard InChI is InChI=1S/C15H12BrClF2IN/c1-2-21-15(8-3-4-14(20)11(17)5-8)9-6-13(19)10(16)7-12(9)18/h3-7,15,21H,2H2,1H3. The predicted octanol–water partition coefficient (Wildman–Crippen LogP) is 5.68. The maximum absolute atomic E-state index is 14.2. The first-order valence-electron chi connectivity index (χ1n) is 6.26. The monoisotopic (exact) mass is 485 g/mol. The summed E-state index contributed by atoms with van der Waals surface area (Å²) in [5, 5.41) is 3.76. The molecule has 0 fully saturated rings. The highest BCUT2D eigenvalue weighted by Gasteiger charge is 2.20. The molecule has 0 bridgehead atoms. The van der Waals surface area contributed by atoms with Crippen molar-refractivity contribution in [1.29, 1.82) is 0 Å². The van der Waals surface area contributed by atoms with Crippen molar-refractivity contribution < 1.29 is 8.78 Å². The summed E-state index contributed by atoms with van der Waals surface area (Å²) in [4.78, 5) is 0. The molecule has 0 radical (unpaired) electrons. The molecular formula is C15H12BrClF2IN. The summed E-state index contributed by atoms with van der Waals surface area (Å²) >= 11 is 11.2. The van der Waals surface area contributed by atoms with E-state index in [0.717, 1.165) is 15.2 Å². The van der Waals surface area contributed by atoms with Crippen molar-refractivity contribution in [2.75, 3.05) is 6.54 Å². The van der Waals surface area contributed by atoms with E-state index in [1.807, 2.05) is 19.1 Å². The molecule has 1 unspecified atom stereocenters. The maximum Gasteiger partial charge on any atom is 0.137 e. The van der Waals surface area contributed by atoms with Gasteiger partial charge >= 0.3 is 0 Å². The van der Waals surface area contributed by atoms with Crippen LogP contribution in [-0.4, -0.2) is 6.54 Å². The Bertz CT molecular complexity index is 666. The highest BCUT2D eigenvalue weighted by atomic mass is 127. The predicted molar refractivity (Wildman–Crippen MR) is 93.7 cm³/mol. The van der Waals surface area contributed by atoms with Crippen molar-refractivity contribution in [3.8, 4) is 0 Å². The highest BCUT2D eigenvalue weighted by molar-refractivity contribution is 14.1. The van der Waals surface area contributed by atoms with E-state index in [4.69, 9.17) is 11.6 Å². The van der Waals surface area contributed by atoms with Crippen LogP contribution in [0.1, 0.15) is 24.1 Å². The maximum atomic E-state index is 14.2. The quantitative estimate of drug-likeness (QED) is 0.433. The molecule has 0 aromatic heterocycles. The van der Waals surface area contributed by atoms with Gasteiger partial charge in [-0.3, -0.25) is 0 Å². The number of hydrogen-bond acceptors (Lipinski definition) is 1. The molecule has 2 aromatic carbocycles. The lowest BCUT2D eigenvalue weighted by atomic mass is 9.98. The largest absolute Gasteiger partial charge is 0.306 e. The Morgan fingerprint density at radius 1 is 1.24 bits per heavy atom. The average Bonchev–Trinajstić information content (AvgIpc) is 2.44. The minimum atomic E-state index is -0.495. The lowest BCUT2D eigenvalue weighted by Gasteiger charge is -2.20. The highest BCUT2D eigenvalue weighted by Crippen LogP contribution is 2.31. The van der Waals surface area contributed by atoms with Crippen molar-refractivity contribution in [3.63, 3.8) is 0 Å². The van der Waals surface area contributed by atoms with Crippen LogP contribution in [-0.2, 0) is 0 Å². The van der Waals surface area contributed by atoms with Crippen LogP contribution in [0.5, 0.6) is 0 Å². The van der Waals surface area contributed by atoms with Crippen LogP contribution in [0.2, 0.25) is 5.02 Å². The molecule has 0 spiro atoms. The van der Waals surface area contributed by atoms with Gasteiger partial charge in [-0.05, 0) is 74.9 Å². The third-order valence-corrected chi connectivity index (χ3v) is 5.22. The average molecular weight is 487 g/mol. The zero-order valence-electron chi connectivity index (χ0n) is 11.1. The van der Waals surface area contributed by atoms with Gasteiger partial charge in [0.15, 0.2) is 0 Å². The Kier molecular flexibility index (Phi) is 5.99. The van der Waals surface area contributed by atoms with Crippen molar-refractivity contribution in [2.24, 2.45) is 0 Å². The molecule has 1 nitrogen and oxygen atoms in total. The lowest BCUT2D eigenvalue weighted by Crippen LogP contribution is -2.23. The van der Waals surface area contributed by atoms with Gasteiger partial charge in [0.05, 0.1) is 15.5 Å². The summed E-state index contributed by atoms with van der Waals surface area (Å²) in [6.07, 6.45) is 0. The van der Waals surface area contributed by atoms with Crippen molar-refractivity contribution in [3.05, 3.63) is 66.2 Å². The second kappa shape index (κ2) is 7.35. The Balaban J connectivity index is 2.52. The molecule has 0 saturated heterocycles. The minimum Gasteiger partial charge on any atom is -0.306 e. The molecule has 6 heteroatoms. The number of halogens is 5. The van der Waals surface area contributed by atoms with E-state index < -0.39 is 17.7 Å². The molecule has 1 N–H and O–H groups in total. The lowest BCUT2D eigenvalue weighted by molar-refractivity contribution is 0.542. The zero-order valence-corrected chi connectivity index (χ0v) is 15.6. The van der Waals surface area contributed by atoms with Gasteiger partial charge in [-0.25, -0.2) is 8.78 Å². The third-order valence-electron chi connectivity index (χ3n) is 3.04. The number of hydrogen-bond donors (Lipinski definition) is 1. The summed E-state index contributed by atoms with van der Waals surface area (Å²) < 4.78 is 29.0. The van der Waals surface area contributed by atoms with Gasteiger partial charge in [-0.2, -0.15) is 0 Å². The van der Waals surface area contributed by atoms with Crippen LogP contribution in [0.3, 0.4) is 0 Å². The van der Waals surface area contributed by atoms with Gasteiger partial charge in [0.2, 0.25) is 0 Å². The molecule has 0 saturated carbocycles. The molecule has 0 heterocycles. The second-order valence-corrected chi connectivity index (χ2v) is 6.88. The van der Waals surface area contributed by atoms with Gasteiger partial charge in [-0.1, -0.05) is 24.6 Å². The van der Waals surface area contributed by atoms with Gasteiger partial charge in [0.25, 0.3) is 0 Å². The fraction of sp³-hybridized carbons (Fsp3) is 0.200. The van der Waals surface area contributed by atoms with Gasteiger partial charge in [0, 0.05) is 9.13 Å². The number of nitrogens with one attached hydrogen (secondary N) is 1. The molecule has 21 heavy (non-hydrogen) atoms. The van der Waals surface area contributed by atoms with Crippen molar-refractivity contribution >= 4 is 50.1 Å². The summed E-state index contributed by atoms with van der Waals surface area (Å²) in [7, 11) is 0. The fourth-order valence-corrected chi connectivity index (χ4v) is 2.90. The van der Waals surface area contributed by atoms with E-state index >= 15 is 0 Å². The van der Waals surface area contributed by atoms with E-state index in [-0.39, 0.29) is 10.0 Å². The first-order valence-corrected chi connectivity index (χ1v) is 8.51. The molecule has 0 aliphatic heterocycles. The zero-order chi connectivity index (χ0) is 15.6. The van der Waals surface area contributed by atoms with E-state index in [1.54, 1.807) is 6.07 Å². The molecule has 0 aliphatic rings. The summed E-state index contributed by atoms with van der Waals surface area (Å²) in [6, 6.07) is 7.39. The normalized spacial score (nSPS) is 12.5. The Morgan fingerprint density at radius 3 is 2.57 bits per heavy atom. The SMILES string of the molecule is CCNC(c1ccc(I)c(Cl)c1)c1cc(F)c(Br)cc1F. The van der Waals surface area contributed by atoms with Crippen LogP contribution >= 0.6 is 50.1 Å². The molecule has 2 aromatic rings. The topological polar surface area (TPSA) is 12.0 Å². The summed E-state index contributed by atoms with van der Waals surface area (Å²) in [6.45, 7) is 2.53. The van der Waals surface area contributed by atoms with Gasteiger partial charge in [-0.15, -0.1) is 0 Å². The Hall–Kier alpha value is -0.240. The fourth-order valence-electron chi connectivity index (χ4n) is 2.06. The Morgan fingerprint density at radius 2 is 1.95 bits per heavy atom. The number of rotatable bonds is 4. The smallest absolute Gasteiger partial charge is 0.137 e. The minimum absolute atomic E-state index is 0.111. The first-order chi connectivity index (χ1) is 9.93. The van der Waals surface area contributed by atoms with Crippen molar-refractivity contribution in [2.45, 2.75) is 13.0 Å².